The molecule has 2 aliphatic carbocycles. The van der Waals surface area contributed by atoms with Crippen LogP contribution < -0.4 is 0 Å². The van der Waals surface area contributed by atoms with E-state index < -0.39 is 0 Å². The number of hydrogen-bond acceptors (Lipinski definition) is 0. The van der Waals surface area contributed by atoms with E-state index in [1.165, 1.54) is 25.7 Å². The van der Waals surface area contributed by atoms with E-state index in [1.54, 1.807) is 5.57 Å². The average molecular weight is 136 g/mol. The maximum atomic E-state index is 2.46. The highest BCUT2D eigenvalue weighted by atomic mass is 14.5. The van der Waals surface area contributed by atoms with Crippen molar-refractivity contribution in [3.8, 4) is 0 Å². The van der Waals surface area contributed by atoms with Gasteiger partial charge in [0.2, 0.25) is 0 Å². The van der Waals surface area contributed by atoms with Gasteiger partial charge in [0.05, 0.1) is 0 Å². The Labute approximate surface area is 63.3 Å². The summed E-state index contributed by atoms with van der Waals surface area (Å²) in [6.45, 7) is 4.76. The minimum absolute atomic E-state index is 0.685. The van der Waals surface area contributed by atoms with Crippen molar-refractivity contribution in [1.29, 1.82) is 0 Å². The first-order valence-corrected chi connectivity index (χ1v) is 4.39. The van der Waals surface area contributed by atoms with Gasteiger partial charge in [-0.3, -0.25) is 0 Å². The molecule has 0 aromatic carbocycles. The molecule has 0 nitrogen and oxygen atoms in total. The minimum atomic E-state index is 0.685. The molecule has 0 heteroatoms. The van der Waals surface area contributed by atoms with Gasteiger partial charge in [-0.25, -0.2) is 0 Å². The predicted octanol–water partition coefficient (Wildman–Crippen LogP) is 3.14. The van der Waals surface area contributed by atoms with Crippen molar-refractivity contribution in [1.82, 2.24) is 0 Å². The maximum absolute atomic E-state index is 2.46. The van der Waals surface area contributed by atoms with Gasteiger partial charge in [-0.15, -0.1) is 0 Å². The quantitative estimate of drug-likeness (QED) is 0.449. The Balaban J connectivity index is 2.27. The van der Waals surface area contributed by atoms with Crippen LogP contribution in [-0.4, -0.2) is 0 Å². The van der Waals surface area contributed by atoms with Crippen molar-refractivity contribution in [3.63, 3.8) is 0 Å². The lowest BCUT2D eigenvalue weighted by atomic mass is 9.80. The van der Waals surface area contributed by atoms with Gasteiger partial charge in [-0.2, -0.15) is 0 Å². The molecule has 0 radical (unpaired) electrons. The predicted molar refractivity (Wildman–Crippen MR) is 43.8 cm³/mol. The van der Waals surface area contributed by atoms with E-state index >= 15 is 0 Å². The van der Waals surface area contributed by atoms with Gasteiger partial charge >= 0.3 is 0 Å². The first-order valence-electron chi connectivity index (χ1n) is 4.39. The summed E-state index contributed by atoms with van der Waals surface area (Å²) in [7, 11) is 0. The summed E-state index contributed by atoms with van der Waals surface area (Å²) in [5.41, 5.74) is 2.35. The molecule has 1 fully saturated rings. The monoisotopic (exact) mass is 136 g/mol. The highest BCUT2D eigenvalue weighted by molar-refractivity contribution is 5.19. The summed E-state index contributed by atoms with van der Waals surface area (Å²) in [5.74, 6) is 0.951. The fourth-order valence-electron chi connectivity index (χ4n) is 2.79. The van der Waals surface area contributed by atoms with Crippen molar-refractivity contribution in [2.75, 3.05) is 0 Å². The summed E-state index contributed by atoms with van der Waals surface area (Å²) >= 11 is 0. The molecule has 2 atom stereocenters. The van der Waals surface area contributed by atoms with Gasteiger partial charge in [-0.05, 0) is 37.5 Å². The van der Waals surface area contributed by atoms with Gasteiger partial charge in [0, 0.05) is 0 Å². The molecule has 0 aromatic heterocycles. The van der Waals surface area contributed by atoms with Crippen LogP contribution in [0, 0.1) is 11.3 Å². The summed E-state index contributed by atoms with van der Waals surface area (Å²) in [6.07, 6.45) is 8.18. The number of allylic oxidation sites excluding steroid dienone is 2. The fraction of sp³-hybridized carbons (Fsp3) is 0.800. The number of fused-ring (bicyclic) bond motifs is 1. The van der Waals surface area contributed by atoms with Gasteiger partial charge in [0.15, 0.2) is 0 Å². The SMILES string of the molecule is CC1=CC[C@@]2(C)CCC[C@@H]12. The lowest BCUT2D eigenvalue weighted by Gasteiger charge is -2.24. The molecule has 0 aromatic rings. The first-order chi connectivity index (χ1) is 4.72. The third-order valence-electron chi connectivity index (χ3n) is 3.52. The van der Waals surface area contributed by atoms with Crippen LogP contribution in [0.4, 0.5) is 0 Å². The lowest BCUT2D eigenvalue weighted by Crippen LogP contribution is -2.16. The smallest absolute Gasteiger partial charge is 0.0149 e. The van der Waals surface area contributed by atoms with Crippen molar-refractivity contribution in [2.45, 2.75) is 39.5 Å². The Bertz CT molecular complexity index is 178. The van der Waals surface area contributed by atoms with Crippen molar-refractivity contribution < 1.29 is 0 Å². The Hall–Kier alpha value is -0.260. The van der Waals surface area contributed by atoms with Crippen molar-refractivity contribution in [3.05, 3.63) is 11.6 Å². The molecule has 56 valence electrons. The molecule has 10 heavy (non-hydrogen) atoms. The molecule has 2 rings (SSSR count). The third kappa shape index (κ3) is 0.680. The zero-order valence-corrected chi connectivity index (χ0v) is 6.98. The van der Waals surface area contributed by atoms with Crippen LogP contribution in [0.3, 0.4) is 0 Å². The second-order valence-electron chi connectivity index (χ2n) is 4.25. The van der Waals surface area contributed by atoms with E-state index in [4.69, 9.17) is 0 Å². The Kier molecular flexibility index (Phi) is 1.21. The van der Waals surface area contributed by atoms with Gasteiger partial charge in [-0.1, -0.05) is 25.0 Å². The number of hydrogen-bond donors (Lipinski definition) is 0. The van der Waals surface area contributed by atoms with E-state index in [-0.39, 0.29) is 0 Å². The van der Waals surface area contributed by atoms with Crippen LogP contribution in [0.15, 0.2) is 11.6 Å². The van der Waals surface area contributed by atoms with Gasteiger partial charge in [0.1, 0.15) is 0 Å². The van der Waals surface area contributed by atoms with E-state index in [9.17, 15) is 0 Å². The fourth-order valence-corrected chi connectivity index (χ4v) is 2.79. The van der Waals surface area contributed by atoms with Crippen LogP contribution in [0.1, 0.15) is 39.5 Å². The lowest BCUT2D eigenvalue weighted by molar-refractivity contribution is 0.290. The van der Waals surface area contributed by atoms with E-state index in [0.717, 1.165) is 5.92 Å². The molecular formula is C10H16. The first kappa shape index (κ1) is 6.45. The molecule has 0 spiro atoms. The minimum Gasteiger partial charge on any atom is -0.0847 e. The largest absolute Gasteiger partial charge is 0.0847 e. The van der Waals surface area contributed by atoms with E-state index in [1.807, 2.05) is 0 Å². The maximum Gasteiger partial charge on any atom is -0.0149 e. The summed E-state index contributed by atoms with van der Waals surface area (Å²) in [6, 6.07) is 0. The normalized spacial score (nSPS) is 45.4. The zero-order valence-electron chi connectivity index (χ0n) is 6.98. The van der Waals surface area contributed by atoms with E-state index in [0.29, 0.717) is 5.41 Å². The molecule has 0 unspecified atom stereocenters. The second kappa shape index (κ2) is 1.87. The molecule has 1 saturated carbocycles. The highest BCUT2D eigenvalue weighted by Crippen LogP contribution is 2.53. The summed E-state index contributed by atoms with van der Waals surface area (Å²) in [4.78, 5) is 0. The van der Waals surface area contributed by atoms with Crippen molar-refractivity contribution in [2.24, 2.45) is 11.3 Å². The van der Waals surface area contributed by atoms with Crippen LogP contribution in [0.25, 0.3) is 0 Å². The van der Waals surface area contributed by atoms with Gasteiger partial charge < -0.3 is 0 Å². The van der Waals surface area contributed by atoms with Crippen molar-refractivity contribution >= 4 is 0 Å². The highest BCUT2D eigenvalue weighted by Gasteiger charge is 2.41. The van der Waals surface area contributed by atoms with Crippen LogP contribution >= 0.6 is 0 Å². The Morgan fingerprint density at radius 1 is 1.60 bits per heavy atom. The molecule has 0 N–H and O–H groups in total. The van der Waals surface area contributed by atoms with Crippen LogP contribution in [0.5, 0.6) is 0 Å². The second-order valence-corrected chi connectivity index (χ2v) is 4.25. The van der Waals surface area contributed by atoms with Gasteiger partial charge in [0.25, 0.3) is 0 Å². The topological polar surface area (TPSA) is 0 Å². The zero-order chi connectivity index (χ0) is 7.19. The summed E-state index contributed by atoms with van der Waals surface area (Å²) in [5, 5.41) is 0. The number of rotatable bonds is 0. The molecule has 0 amide bonds. The molecule has 2 aliphatic rings. The summed E-state index contributed by atoms with van der Waals surface area (Å²) < 4.78 is 0. The standard InChI is InChI=1S/C10H16/c1-8-5-7-10(2)6-3-4-9(8)10/h5,9H,3-4,6-7H2,1-2H3/t9-,10+/m0/s1. The van der Waals surface area contributed by atoms with E-state index in [2.05, 4.69) is 19.9 Å². The third-order valence-corrected chi connectivity index (χ3v) is 3.52. The molecule has 0 saturated heterocycles. The average Bonchev–Trinajstić information content (AvgIpc) is 2.35. The molecule has 0 bridgehead atoms. The Morgan fingerprint density at radius 2 is 2.40 bits per heavy atom. The Morgan fingerprint density at radius 3 is 3.10 bits per heavy atom. The molecular weight excluding hydrogens is 120 g/mol. The molecule has 0 aliphatic heterocycles. The van der Waals surface area contributed by atoms with Crippen LogP contribution in [-0.2, 0) is 0 Å². The molecule has 0 heterocycles. The van der Waals surface area contributed by atoms with Crippen LogP contribution in [0.2, 0.25) is 0 Å².